The molecule has 0 radical (unpaired) electrons. The molecule has 1 aliphatic rings. The third kappa shape index (κ3) is 4.35. The Bertz CT molecular complexity index is 988. The topological polar surface area (TPSA) is 93.6 Å². The Hall–Kier alpha value is -2.42. The quantitative estimate of drug-likeness (QED) is 0.639. The minimum absolute atomic E-state index is 0.0151. The summed E-state index contributed by atoms with van der Waals surface area (Å²) < 4.78 is 12.3. The van der Waals surface area contributed by atoms with Gasteiger partial charge in [-0.1, -0.05) is 11.6 Å². The third-order valence-corrected chi connectivity index (χ3v) is 5.64. The zero-order valence-electron chi connectivity index (χ0n) is 14.8. The molecule has 1 aliphatic carbocycles. The summed E-state index contributed by atoms with van der Waals surface area (Å²) in [4.78, 5) is 20.5. The zero-order valence-corrected chi connectivity index (χ0v) is 16.4. The van der Waals surface area contributed by atoms with Gasteiger partial charge in [0.2, 0.25) is 0 Å². The second kappa shape index (κ2) is 8.30. The summed E-state index contributed by atoms with van der Waals surface area (Å²) >= 11 is 7.48. The molecule has 2 aromatic heterocycles. The predicted molar refractivity (Wildman–Crippen MR) is 107 cm³/mol. The molecule has 1 saturated carbocycles. The van der Waals surface area contributed by atoms with Gasteiger partial charge in [0.15, 0.2) is 5.75 Å². The molecule has 146 valence electrons. The predicted octanol–water partition coefficient (Wildman–Crippen LogP) is 4.64. The second-order valence-electron chi connectivity index (χ2n) is 6.54. The van der Waals surface area contributed by atoms with Gasteiger partial charge in [0.1, 0.15) is 17.6 Å². The molecule has 1 fully saturated rings. The van der Waals surface area contributed by atoms with E-state index in [0.29, 0.717) is 40.6 Å². The molecular formula is C19H18ClN3O4S. The van der Waals surface area contributed by atoms with Crippen LogP contribution in [0.4, 0.5) is 10.5 Å². The molecule has 0 spiro atoms. The molecule has 4 rings (SSSR count). The van der Waals surface area contributed by atoms with E-state index < -0.39 is 6.09 Å². The summed E-state index contributed by atoms with van der Waals surface area (Å²) in [5.74, 6) is 0.880. The molecule has 0 aliphatic heterocycles. The van der Waals surface area contributed by atoms with Gasteiger partial charge < -0.3 is 14.6 Å². The van der Waals surface area contributed by atoms with Crippen LogP contribution in [0.1, 0.15) is 25.7 Å². The van der Waals surface area contributed by atoms with E-state index >= 15 is 0 Å². The van der Waals surface area contributed by atoms with Crippen LogP contribution in [0.15, 0.2) is 36.1 Å². The SMILES string of the molecule is O=C(Nc1cc(Cl)ccc1OC1CCC(O)CC1)Oc1csc2cncnc12. The summed E-state index contributed by atoms with van der Waals surface area (Å²) in [6.07, 6.45) is 5.06. The number of carbonyl (C=O) groups is 1. The molecular weight excluding hydrogens is 402 g/mol. The highest BCUT2D eigenvalue weighted by molar-refractivity contribution is 7.17. The van der Waals surface area contributed by atoms with Crippen molar-refractivity contribution in [3.8, 4) is 11.5 Å². The summed E-state index contributed by atoms with van der Waals surface area (Å²) in [5, 5.41) is 14.5. The normalized spacial score (nSPS) is 19.4. The maximum absolute atomic E-state index is 12.4. The first-order valence-electron chi connectivity index (χ1n) is 8.89. The van der Waals surface area contributed by atoms with Gasteiger partial charge >= 0.3 is 6.09 Å². The van der Waals surface area contributed by atoms with Crippen LogP contribution in [0.2, 0.25) is 5.02 Å². The third-order valence-electron chi connectivity index (χ3n) is 4.52. The van der Waals surface area contributed by atoms with Gasteiger partial charge in [0.05, 0.1) is 22.6 Å². The second-order valence-corrected chi connectivity index (χ2v) is 7.89. The fraction of sp³-hybridized carbons (Fsp3) is 0.316. The van der Waals surface area contributed by atoms with Crippen LogP contribution in [-0.4, -0.2) is 33.4 Å². The van der Waals surface area contributed by atoms with Crippen molar-refractivity contribution < 1.29 is 19.4 Å². The van der Waals surface area contributed by atoms with Crippen molar-refractivity contribution >= 4 is 44.9 Å². The van der Waals surface area contributed by atoms with E-state index in [9.17, 15) is 9.90 Å². The first-order chi connectivity index (χ1) is 13.6. The van der Waals surface area contributed by atoms with Gasteiger partial charge in [0.25, 0.3) is 0 Å². The van der Waals surface area contributed by atoms with Crippen molar-refractivity contribution in [2.24, 2.45) is 0 Å². The Kier molecular flexibility index (Phi) is 5.61. The monoisotopic (exact) mass is 419 g/mol. The number of aromatic nitrogens is 2. The molecule has 0 atom stereocenters. The molecule has 28 heavy (non-hydrogen) atoms. The number of nitrogens with zero attached hydrogens (tertiary/aromatic N) is 2. The zero-order chi connectivity index (χ0) is 19.5. The standard InChI is InChI=1S/C19H18ClN3O4S/c20-11-1-6-15(26-13-4-2-12(24)3-5-13)14(7-11)23-19(25)27-16-9-28-17-8-21-10-22-18(16)17/h1,6-10,12-13,24H,2-5H2,(H,23,25). The largest absolute Gasteiger partial charge is 0.488 e. The van der Waals surface area contributed by atoms with Crippen molar-refractivity contribution in [2.75, 3.05) is 5.32 Å². The van der Waals surface area contributed by atoms with Crippen LogP contribution in [0, 0.1) is 0 Å². The molecule has 1 amide bonds. The van der Waals surface area contributed by atoms with Gasteiger partial charge in [-0.2, -0.15) is 0 Å². The lowest BCUT2D eigenvalue weighted by Crippen LogP contribution is -2.27. The van der Waals surface area contributed by atoms with E-state index in [1.807, 2.05) is 0 Å². The Morgan fingerprint density at radius 1 is 1.25 bits per heavy atom. The molecule has 0 unspecified atom stereocenters. The first-order valence-corrected chi connectivity index (χ1v) is 10.1. The van der Waals surface area contributed by atoms with Gasteiger partial charge in [0, 0.05) is 16.6 Å². The molecule has 9 heteroatoms. The van der Waals surface area contributed by atoms with Crippen LogP contribution in [0.3, 0.4) is 0 Å². The fourth-order valence-electron chi connectivity index (χ4n) is 3.11. The number of rotatable bonds is 4. The van der Waals surface area contributed by atoms with Gasteiger partial charge in [-0.3, -0.25) is 5.32 Å². The minimum atomic E-state index is -0.663. The number of hydrogen-bond donors (Lipinski definition) is 2. The highest BCUT2D eigenvalue weighted by Crippen LogP contribution is 2.33. The van der Waals surface area contributed by atoms with E-state index in [1.54, 1.807) is 29.8 Å². The molecule has 2 heterocycles. The molecule has 0 bridgehead atoms. The molecule has 2 N–H and O–H groups in total. The van der Waals surface area contributed by atoms with Crippen molar-refractivity contribution in [3.63, 3.8) is 0 Å². The number of aliphatic hydroxyl groups is 1. The average Bonchev–Trinajstić information content (AvgIpc) is 3.08. The average molecular weight is 420 g/mol. The summed E-state index contributed by atoms with van der Waals surface area (Å²) in [6, 6.07) is 5.04. The van der Waals surface area contributed by atoms with Gasteiger partial charge in [-0.15, -0.1) is 11.3 Å². The molecule has 0 saturated heterocycles. The van der Waals surface area contributed by atoms with Crippen LogP contribution in [0.5, 0.6) is 11.5 Å². The maximum atomic E-state index is 12.4. The van der Waals surface area contributed by atoms with E-state index in [0.717, 1.165) is 17.5 Å². The molecule has 1 aromatic carbocycles. The summed E-state index contributed by atoms with van der Waals surface area (Å²) in [5.41, 5.74) is 1.01. The lowest BCUT2D eigenvalue weighted by molar-refractivity contribution is 0.0669. The number of hydrogen-bond acceptors (Lipinski definition) is 7. The summed E-state index contributed by atoms with van der Waals surface area (Å²) in [7, 11) is 0. The number of nitrogens with one attached hydrogen (secondary N) is 1. The van der Waals surface area contributed by atoms with E-state index in [4.69, 9.17) is 21.1 Å². The first kappa shape index (κ1) is 18.9. The number of fused-ring (bicyclic) bond motifs is 1. The van der Waals surface area contributed by atoms with Crippen LogP contribution in [-0.2, 0) is 0 Å². The number of benzene rings is 1. The number of thiophene rings is 1. The van der Waals surface area contributed by atoms with Crippen molar-refractivity contribution in [1.29, 1.82) is 0 Å². The van der Waals surface area contributed by atoms with Crippen LogP contribution < -0.4 is 14.8 Å². The van der Waals surface area contributed by atoms with Gasteiger partial charge in [-0.05, 0) is 43.9 Å². The van der Waals surface area contributed by atoms with E-state index in [-0.39, 0.29) is 12.2 Å². The smallest absolute Gasteiger partial charge is 0.417 e. The lowest BCUT2D eigenvalue weighted by Gasteiger charge is -2.27. The number of ether oxygens (including phenoxy) is 2. The van der Waals surface area contributed by atoms with Gasteiger partial charge in [-0.25, -0.2) is 14.8 Å². The highest BCUT2D eigenvalue weighted by Gasteiger charge is 2.22. The molecule has 3 aromatic rings. The number of aliphatic hydroxyl groups excluding tert-OH is 1. The van der Waals surface area contributed by atoms with Crippen LogP contribution >= 0.6 is 22.9 Å². The Morgan fingerprint density at radius 2 is 2.07 bits per heavy atom. The van der Waals surface area contributed by atoms with Crippen molar-refractivity contribution in [3.05, 3.63) is 41.1 Å². The van der Waals surface area contributed by atoms with E-state index in [2.05, 4.69) is 15.3 Å². The Morgan fingerprint density at radius 3 is 2.89 bits per heavy atom. The van der Waals surface area contributed by atoms with E-state index in [1.165, 1.54) is 17.7 Å². The fourth-order valence-corrected chi connectivity index (χ4v) is 4.07. The Balaban J connectivity index is 1.47. The lowest BCUT2D eigenvalue weighted by atomic mass is 9.95. The maximum Gasteiger partial charge on any atom is 0.417 e. The minimum Gasteiger partial charge on any atom is -0.488 e. The highest BCUT2D eigenvalue weighted by atomic mass is 35.5. The molecule has 7 nitrogen and oxygen atoms in total. The summed E-state index contributed by atoms with van der Waals surface area (Å²) in [6.45, 7) is 0. The number of carbonyl (C=O) groups excluding carboxylic acids is 1. The van der Waals surface area contributed by atoms with Crippen LogP contribution in [0.25, 0.3) is 10.2 Å². The number of amides is 1. The number of anilines is 1. The Labute approximate surface area is 170 Å². The van der Waals surface area contributed by atoms with Crippen molar-refractivity contribution in [1.82, 2.24) is 9.97 Å². The number of halogens is 1. The van der Waals surface area contributed by atoms with Crippen molar-refractivity contribution in [2.45, 2.75) is 37.9 Å².